The third kappa shape index (κ3) is 2.75. The lowest BCUT2D eigenvalue weighted by Crippen LogP contribution is -2.80. The number of aliphatic hydroxyl groups is 4. The topological polar surface area (TPSA) is 153 Å². The van der Waals surface area contributed by atoms with Crippen molar-refractivity contribution in [3.05, 3.63) is 0 Å². The number of ketones is 2. The molecule has 126 valence electrons. The third-order valence-electron chi connectivity index (χ3n) is 3.53. The van der Waals surface area contributed by atoms with Gasteiger partial charge in [-0.05, 0) is 13.8 Å². The van der Waals surface area contributed by atoms with E-state index in [-0.39, 0.29) is 0 Å². The molecule has 0 aromatic heterocycles. The molecule has 1 heterocycles. The molecule has 0 radical (unpaired) electrons. The first-order valence-corrected chi connectivity index (χ1v) is 6.31. The maximum Gasteiger partial charge on any atom is 0.274 e. The summed E-state index contributed by atoms with van der Waals surface area (Å²) in [5, 5.41) is 41.5. The highest BCUT2D eigenvalue weighted by atomic mass is 19.2. The van der Waals surface area contributed by atoms with E-state index in [1.54, 1.807) is 0 Å². The lowest BCUT2D eigenvalue weighted by Gasteiger charge is -2.51. The lowest BCUT2D eigenvalue weighted by atomic mass is 9.75. The van der Waals surface area contributed by atoms with Crippen LogP contribution >= 0.6 is 0 Å². The molecular weight excluding hydrogens is 305 g/mol. The molecule has 0 aromatic carbocycles. The van der Waals surface area contributed by atoms with Crippen LogP contribution in [0, 0.1) is 0 Å². The molecule has 1 aliphatic heterocycles. The highest BCUT2D eigenvalue weighted by Gasteiger charge is 2.70. The lowest BCUT2D eigenvalue weighted by molar-refractivity contribution is -0.363. The molecule has 1 rings (SSSR count). The molecule has 22 heavy (non-hydrogen) atoms. The van der Waals surface area contributed by atoms with Crippen LogP contribution in [-0.4, -0.2) is 73.9 Å². The molecule has 1 saturated heterocycles. The highest BCUT2D eigenvalue weighted by Crippen LogP contribution is 2.41. The Morgan fingerprint density at radius 2 is 1.73 bits per heavy atom. The first-order chi connectivity index (χ1) is 9.87. The summed E-state index contributed by atoms with van der Waals surface area (Å²) < 4.78 is 19.3. The van der Waals surface area contributed by atoms with E-state index in [9.17, 15) is 39.2 Å². The second-order valence-corrected chi connectivity index (χ2v) is 5.18. The standard InChI is InChI=1S/C12H18FNO8/c1-4(15)7(18)9-12(13,21)11(20,5(2)16)8(10(19)22-9)14-6(3)17/h7-10,18-21H,1-3H3,(H,14,17)/t7?,8-,9+,10?,11+,12-/m0/s1. The van der Waals surface area contributed by atoms with E-state index in [0.717, 1.165) is 13.8 Å². The van der Waals surface area contributed by atoms with E-state index in [1.807, 2.05) is 5.32 Å². The fraction of sp³-hybridized carbons (Fsp3) is 0.750. The fourth-order valence-electron chi connectivity index (χ4n) is 2.32. The Balaban J connectivity index is 3.40. The summed E-state index contributed by atoms with van der Waals surface area (Å²) in [6.45, 7) is 2.51. The van der Waals surface area contributed by atoms with Crippen molar-refractivity contribution in [1.82, 2.24) is 5.32 Å². The van der Waals surface area contributed by atoms with Crippen LogP contribution in [0.15, 0.2) is 0 Å². The Labute approximate surface area is 124 Å². The summed E-state index contributed by atoms with van der Waals surface area (Å²) in [4.78, 5) is 33.9. The molecule has 1 amide bonds. The van der Waals surface area contributed by atoms with Gasteiger partial charge in [0.1, 0.15) is 12.1 Å². The Kier molecular flexibility index (Phi) is 5.04. The van der Waals surface area contributed by atoms with Gasteiger partial charge in [-0.25, -0.2) is 4.39 Å². The fourth-order valence-corrected chi connectivity index (χ4v) is 2.32. The van der Waals surface area contributed by atoms with E-state index < -0.39 is 53.5 Å². The number of hydrogen-bond acceptors (Lipinski definition) is 8. The summed E-state index contributed by atoms with van der Waals surface area (Å²) in [6, 6.07) is -2.05. The first kappa shape index (κ1) is 18.6. The normalized spacial score (nSPS) is 39.9. The zero-order chi connectivity index (χ0) is 17.5. The smallest absolute Gasteiger partial charge is 0.274 e. The van der Waals surface area contributed by atoms with Crippen LogP contribution < -0.4 is 5.32 Å². The van der Waals surface area contributed by atoms with Crippen LogP contribution in [0.5, 0.6) is 0 Å². The SMILES string of the molecule is CC(=O)N[C@H]1C(O)O[C@H](C(O)C(C)=O)[C@@](O)(F)[C@@]1(O)C(C)=O. The van der Waals surface area contributed by atoms with Gasteiger partial charge >= 0.3 is 0 Å². The molecule has 0 aliphatic carbocycles. The van der Waals surface area contributed by atoms with E-state index in [4.69, 9.17) is 0 Å². The molecule has 0 aromatic rings. The van der Waals surface area contributed by atoms with Crippen LogP contribution in [0.3, 0.4) is 0 Å². The second kappa shape index (κ2) is 5.97. The van der Waals surface area contributed by atoms with Gasteiger partial charge < -0.3 is 30.5 Å². The molecule has 1 fully saturated rings. The molecule has 2 unspecified atom stereocenters. The summed E-state index contributed by atoms with van der Waals surface area (Å²) in [5.74, 6) is -7.18. The third-order valence-corrected chi connectivity index (χ3v) is 3.53. The zero-order valence-electron chi connectivity index (χ0n) is 12.1. The van der Waals surface area contributed by atoms with Crippen LogP contribution in [0.4, 0.5) is 4.39 Å². The number of halogens is 1. The number of alkyl halides is 1. The van der Waals surface area contributed by atoms with Gasteiger partial charge in [0.05, 0.1) is 0 Å². The number of rotatable bonds is 4. The molecular formula is C12H18FNO8. The number of carbonyl (C=O) groups excluding carboxylic acids is 3. The largest absolute Gasteiger partial charge is 0.382 e. The Bertz CT molecular complexity index is 496. The molecule has 0 spiro atoms. The highest BCUT2D eigenvalue weighted by molar-refractivity contribution is 5.89. The van der Waals surface area contributed by atoms with Crippen molar-refractivity contribution in [3.8, 4) is 0 Å². The molecule has 0 saturated carbocycles. The van der Waals surface area contributed by atoms with Crippen molar-refractivity contribution in [2.24, 2.45) is 0 Å². The Morgan fingerprint density at radius 3 is 2.09 bits per heavy atom. The van der Waals surface area contributed by atoms with Crippen molar-refractivity contribution >= 4 is 17.5 Å². The van der Waals surface area contributed by atoms with Gasteiger partial charge in [0, 0.05) is 6.92 Å². The van der Waals surface area contributed by atoms with Crippen molar-refractivity contribution in [3.63, 3.8) is 0 Å². The number of amides is 1. The van der Waals surface area contributed by atoms with Gasteiger partial charge in [0.25, 0.3) is 5.85 Å². The number of ether oxygens (including phenoxy) is 1. The molecule has 9 nitrogen and oxygen atoms in total. The summed E-state index contributed by atoms with van der Waals surface area (Å²) in [6.07, 6.45) is -6.85. The predicted octanol–water partition coefficient (Wildman–Crippen LogP) is -2.86. The minimum absolute atomic E-state index is 0.703. The Morgan fingerprint density at radius 1 is 1.23 bits per heavy atom. The average molecular weight is 323 g/mol. The van der Waals surface area contributed by atoms with E-state index >= 15 is 0 Å². The molecule has 1 aliphatic rings. The van der Waals surface area contributed by atoms with Gasteiger partial charge in [-0.15, -0.1) is 0 Å². The monoisotopic (exact) mass is 323 g/mol. The van der Waals surface area contributed by atoms with E-state index in [1.165, 1.54) is 0 Å². The van der Waals surface area contributed by atoms with Gasteiger partial charge in [0.2, 0.25) is 11.5 Å². The van der Waals surface area contributed by atoms with Crippen molar-refractivity contribution in [1.29, 1.82) is 0 Å². The van der Waals surface area contributed by atoms with Crippen LogP contribution in [-0.2, 0) is 19.1 Å². The van der Waals surface area contributed by atoms with Gasteiger partial charge in [-0.2, -0.15) is 0 Å². The van der Waals surface area contributed by atoms with Crippen molar-refractivity contribution in [2.75, 3.05) is 0 Å². The number of nitrogens with one attached hydrogen (secondary N) is 1. The number of carbonyl (C=O) groups is 3. The molecule has 5 N–H and O–H groups in total. The van der Waals surface area contributed by atoms with Gasteiger partial charge in [0.15, 0.2) is 24.0 Å². The zero-order valence-corrected chi connectivity index (χ0v) is 12.1. The second-order valence-electron chi connectivity index (χ2n) is 5.18. The molecule has 0 bridgehead atoms. The number of aliphatic hydroxyl groups excluding tert-OH is 2. The number of Topliss-reactive ketones (excluding diaryl/α,β-unsaturated/α-hetero) is 2. The van der Waals surface area contributed by atoms with Crippen LogP contribution in [0.1, 0.15) is 20.8 Å². The summed E-state index contributed by atoms with van der Waals surface area (Å²) in [7, 11) is 0. The van der Waals surface area contributed by atoms with Crippen molar-refractivity contribution < 1.29 is 43.9 Å². The molecule has 10 heteroatoms. The number of hydrogen-bond donors (Lipinski definition) is 5. The minimum Gasteiger partial charge on any atom is -0.382 e. The predicted molar refractivity (Wildman–Crippen MR) is 66.9 cm³/mol. The van der Waals surface area contributed by atoms with Crippen LogP contribution in [0.2, 0.25) is 0 Å². The van der Waals surface area contributed by atoms with Gasteiger partial charge in [-0.1, -0.05) is 0 Å². The average Bonchev–Trinajstić information content (AvgIpc) is 2.37. The first-order valence-electron chi connectivity index (χ1n) is 6.31. The van der Waals surface area contributed by atoms with E-state index in [0.29, 0.717) is 6.92 Å². The molecule has 6 atom stereocenters. The Hall–Kier alpha value is -1.46. The minimum atomic E-state index is -3.95. The summed E-state index contributed by atoms with van der Waals surface area (Å²) >= 11 is 0. The maximum atomic E-state index is 14.7. The van der Waals surface area contributed by atoms with Crippen molar-refractivity contribution in [2.45, 2.75) is 56.8 Å². The quantitative estimate of drug-likeness (QED) is 0.370. The summed E-state index contributed by atoms with van der Waals surface area (Å²) in [5.41, 5.74) is -3.34. The van der Waals surface area contributed by atoms with Gasteiger partial charge in [-0.3, -0.25) is 14.4 Å². The van der Waals surface area contributed by atoms with E-state index in [2.05, 4.69) is 4.74 Å². The maximum absolute atomic E-state index is 14.7. The van der Waals surface area contributed by atoms with Crippen LogP contribution in [0.25, 0.3) is 0 Å².